The average Bonchev–Trinajstić information content (AvgIpc) is 2.76. The lowest BCUT2D eigenvalue weighted by molar-refractivity contribution is 0.531. The molecular weight excluding hydrogens is 224 g/mol. The van der Waals surface area contributed by atoms with Gasteiger partial charge in [0.05, 0.1) is 0 Å². The summed E-state index contributed by atoms with van der Waals surface area (Å²) in [7, 11) is 0. The molecule has 0 radical (unpaired) electrons. The molecule has 0 bridgehead atoms. The van der Waals surface area contributed by atoms with E-state index in [-0.39, 0.29) is 18.0 Å². The van der Waals surface area contributed by atoms with Crippen LogP contribution in [0.5, 0.6) is 0 Å². The molecule has 17 heavy (non-hydrogen) atoms. The van der Waals surface area contributed by atoms with Gasteiger partial charge < -0.3 is 10.7 Å². The Morgan fingerprint density at radius 1 is 1.24 bits per heavy atom. The Hall–Kier alpha value is -1.75. The number of imidazole rings is 1. The molecule has 90 valence electrons. The van der Waals surface area contributed by atoms with E-state index >= 15 is 0 Å². The maximum atomic E-state index is 13.4. The maximum Gasteiger partial charge on any atom is 0.129 e. The van der Waals surface area contributed by atoms with Gasteiger partial charge in [-0.15, -0.1) is 0 Å². The highest BCUT2D eigenvalue weighted by Crippen LogP contribution is 2.14. The highest BCUT2D eigenvalue weighted by molar-refractivity contribution is 5.20. The first-order chi connectivity index (χ1) is 8.16. The van der Waals surface area contributed by atoms with E-state index in [1.54, 1.807) is 12.4 Å². The predicted octanol–water partition coefficient (Wildman–Crippen LogP) is 1.80. The quantitative estimate of drug-likeness (QED) is 0.852. The fraction of sp³-hybridized carbons (Fsp3) is 0.250. The molecule has 1 aromatic heterocycles. The molecule has 0 amide bonds. The van der Waals surface area contributed by atoms with Crippen LogP contribution >= 0.6 is 0 Å². The van der Waals surface area contributed by atoms with Crippen LogP contribution in [0.1, 0.15) is 11.4 Å². The van der Waals surface area contributed by atoms with Crippen LogP contribution in [-0.4, -0.2) is 16.0 Å². The van der Waals surface area contributed by atoms with Gasteiger partial charge in [-0.25, -0.2) is 13.8 Å². The van der Waals surface area contributed by atoms with Crippen molar-refractivity contribution in [1.82, 2.24) is 9.97 Å². The smallest absolute Gasteiger partial charge is 0.129 e. The first-order valence-electron chi connectivity index (χ1n) is 5.33. The predicted molar refractivity (Wildman–Crippen MR) is 60.3 cm³/mol. The van der Waals surface area contributed by atoms with Gasteiger partial charge in [-0.2, -0.15) is 0 Å². The number of nitrogens with one attached hydrogen (secondary N) is 1. The van der Waals surface area contributed by atoms with Gasteiger partial charge in [0.2, 0.25) is 0 Å². The molecule has 0 aliphatic heterocycles. The van der Waals surface area contributed by atoms with Crippen LogP contribution in [0.25, 0.3) is 0 Å². The van der Waals surface area contributed by atoms with Gasteiger partial charge in [0, 0.05) is 30.4 Å². The Kier molecular flexibility index (Phi) is 3.49. The minimum Gasteiger partial charge on any atom is -0.349 e. The summed E-state index contributed by atoms with van der Waals surface area (Å²) < 4.78 is 26.7. The molecule has 0 saturated heterocycles. The zero-order valence-corrected chi connectivity index (χ0v) is 9.16. The van der Waals surface area contributed by atoms with Crippen molar-refractivity contribution in [2.75, 3.05) is 0 Å². The number of hydrogen-bond acceptors (Lipinski definition) is 2. The Balaban J connectivity index is 2.05. The van der Waals surface area contributed by atoms with Gasteiger partial charge in [0.15, 0.2) is 0 Å². The Morgan fingerprint density at radius 3 is 2.53 bits per heavy atom. The molecular formula is C12H13F2N3. The lowest BCUT2D eigenvalue weighted by atomic mass is 10.0. The van der Waals surface area contributed by atoms with Crippen LogP contribution in [0.3, 0.4) is 0 Å². The third-order valence-electron chi connectivity index (χ3n) is 2.54. The van der Waals surface area contributed by atoms with Crippen LogP contribution in [0.4, 0.5) is 8.78 Å². The third-order valence-corrected chi connectivity index (χ3v) is 2.54. The van der Waals surface area contributed by atoms with Crippen molar-refractivity contribution in [2.45, 2.75) is 18.9 Å². The molecule has 3 nitrogen and oxygen atoms in total. The lowest BCUT2D eigenvalue weighted by Crippen LogP contribution is -2.27. The molecule has 1 atom stereocenters. The van der Waals surface area contributed by atoms with Crippen LogP contribution < -0.4 is 5.73 Å². The Bertz CT molecular complexity index is 462. The molecule has 5 heteroatoms. The molecule has 0 fully saturated rings. The number of nitrogens with two attached hydrogens (primary N) is 1. The molecule has 2 aromatic rings. The molecule has 0 spiro atoms. The van der Waals surface area contributed by atoms with Crippen molar-refractivity contribution in [3.05, 3.63) is 53.6 Å². The fourth-order valence-electron chi connectivity index (χ4n) is 1.72. The second-order valence-corrected chi connectivity index (χ2v) is 3.90. The van der Waals surface area contributed by atoms with Crippen LogP contribution in [0.2, 0.25) is 0 Å². The summed E-state index contributed by atoms with van der Waals surface area (Å²) >= 11 is 0. The minimum atomic E-state index is -0.556. The number of aromatic amines is 1. The summed E-state index contributed by atoms with van der Waals surface area (Å²) in [4.78, 5) is 6.92. The number of halogens is 2. The summed E-state index contributed by atoms with van der Waals surface area (Å²) in [6.07, 6.45) is 3.91. The maximum absolute atomic E-state index is 13.4. The largest absolute Gasteiger partial charge is 0.349 e. The highest BCUT2D eigenvalue weighted by atomic mass is 19.1. The van der Waals surface area contributed by atoms with Crippen molar-refractivity contribution in [1.29, 1.82) is 0 Å². The first-order valence-corrected chi connectivity index (χ1v) is 5.33. The molecule has 1 unspecified atom stereocenters. The lowest BCUT2D eigenvalue weighted by Gasteiger charge is -2.11. The third kappa shape index (κ3) is 2.88. The zero-order valence-electron chi connectivity index (χ0n) is 9.16. The molecule has 0 aliphatic carbocycles. The van der Waals surface area contributed by atoms with Gasteiger partial charge in [-0.3, -0.25) is 0 Å². The van der Waals surface area contributed by atoms with E-state index in [9.17, 15) is 8.78 Å². The average molecular weight is 237 g/mol. The van der Waals surface area contributed by atoms with Crippen LogP contribution in [-0.2, 0) is 12.8 Å². The van der Waals surface area contributed by atoms with E-state index in [1.807, 2.05) is 0 Å². The van der Waals surface area contributed by atoms with Crippen LogP contribution in [0.15, 0.2) is 30.6 Å². The van der Waals surface area contributed by atoms with Gasteiger partial charge in [0.1, 0.15) is 17.5 Å². The second kappa shape index (κ2) is 5.05. The highest BCUT2D eigenvalue weighted by Gasteiger charge is 2.13. The molecule has 1 heterocycles. The van der Waals surface area contributed by atoms with Crippen LogP contribution in [0, 0.1) is 11.6 Å². The van der Waals surface area contributed by atoms with Gasteiger partial charge >= 0.3 is 0 Å². The van der Waals surface area contributed by atoms with E-state index in [2.05, 4.69) is 9.97 Å². The van der Waals surface area contributed by atoms with Gasteiger partial charge in [0.25, 0.3) is 0 Å². The standard InChI is InChI=1S/C12H13F2N3/c13-10-2-1-3-11(14)9(10)6-8(15)7-12-16-4-5-17-12/h1-5,8H,6-7,15H2,(H,16,17). The van der Waals surface area contributed by atoms with E-state index in [0.29, 0.717) is 12.2 Å². The second-order valence-electron chi connectivity index (χ2n) is 3.90. The minimum absolute atomic E-state index is 0.0338. The normalized spacial score (nSPS) is 12.6. The summed E-state index contributed by atoms with van der Waals surface area (Å²) in [5.74, 6) is -0.394. The monoisotopic (exact) mass is 237 g/mol. The molecule has 0 saturated carbocycles. The number of nitrogens with zero attached hydrogens (tertiary/aromatic N) is 1. The van der Waals surface area contributed by atoms with Gasteiger partial charge in [-0.1, -0.05) is 6.07 Å². The topological polar surface area (TPSA) is 54.7 Å². The molecule has 0 aliphatic rings. The first kappa shape index (κ1) is 11.7. The summed E-state index contributed by atoms with van der Waals surface area (Å²) in [5, 5.41) is 0. The van der Waals surface area contributed by atoms with Gasteiger partial charge in [-0.05, 0) is 18.6 Å². The van der Waals surface area contributed by atoms with Crippen molar-refractivity contribution in [2.24, 2.45) is 5.73 Å². The number of rotatable bonds is 4. The van der Waals surface area contributed by atoms with Crippen molar-refractivity contribution < 1.29 is 8.78 Å². The summed E-state index contributed by atoms with van der Waals surface area (Å²) in [5.41, 5.74) is 5.88. The van der Waals surface area contributed by atoms with E-state index in [1.165, 1.54) is 18.2 Å². The Morgan fingerprint density at radius 2 is 1.94 bits per heavy atom. The number of aromatic nitrogens is 2. The SMILES string of the molecule is NC(Cc1ncc[nH]1)Cc1c(F)cccc1F. The van der Waals surface area contributed by atoms with E-state index < -0.39 is 11.6 Å². The van der Waals surface area contributed by atoms with Crippen molar-refractivity contribution >= 4 is 0 Å². The van der Waals surface area contributed by atoms with E-state index in [0.717, 1.165) is 0 Å². The molecule has 2 rings (SSSR count). The molecule has 1 aromatic carbocycles. The number of hydrogen-bond donors (Lipinski definition) is 2. The number of benzene rings is 1. The molecule has 3 N–H and O–H groups in total. The summed E-state index contributed by atoms with van der Waals surface area (Å²) in [6, 6.07) is 3.44. The zero-order chi connectivity index (χ0) is 12.3. The number of H-pyrrole nitrogens is 1. The van der Waals surface area contributed by atoms with Crippen molar-refractivity contribution in [3.8, 4) is 0 Å². The Labute approximate surface area is 97.7 Å². The fourth-order valence-corrected chi connectivity index (χ4v) is 1.72. The van der Waals surface area contributed by atoms with E-state index in [4.69, 9.17) is 5.73 Å². The van der Waals surface area contributed by atoms with Crippen molar-refractivity contribution in [3.63, 3.8) is 0 Å². The summed E-state index contributed by atoms with van der Waals surface area (Å²) in [6.45, 7) is 0.